The lowest BCUT2D eigenvalue weighted by atomic mass is 10.2. The predicted molar refractivity (Wildman–Crippen MR) is 69.4 cm³/mol. The van der Waals surface area contributed by atoms with Crippen molar-refractivity contribution in [3.05, 3.63) is 35.9 Å². The summed E-state index contributed by atoms with van der Waals surface area (Å²) in [6, 6.07) is 7.98. The molecule has 0 unspecified atom stereocenters. The highest BCUT2D eigenvalue weighted by Gasteiger charge is 2.37. The maximum Gasteiger partial charge on any atom is 0.163 e. The van der Waals surface area contributed by atoms with Gasteiger partial charge in [-0.05, 0) is 19.4 Å². The molecule has 2 atom stereocenters. The van der Waals surface area contributed by atoms with E-state index in [1.165, 1.54) is 12.1 Å². The van der Waals surface area contributed by atoms with E-state index in [0.29, 0.717) is 6.61 Å². The van der Waals surface area contributed by atoms with Crippen molar-refractivity contribution >= 4 is 5.97 Å². The normalized spacial score (nSPS) is 21.7. The summed E-state index contributed by atoms with van der Waals surface area (Å²) in [4.78, 5) is 10.1. The molecule has 1 aliphatic heterocycles. The van der Waals surface area contributed by atoms with Crippen LogP contribution in [0.4, 0.5) is 0 Å². The van der Waals surface area contributed by atoms with Gasteiger partial charge in [-0.15, -0.1) is 0 Å². The number of aliphatic hydroxyl groups excluding tert-OH is 1. The minimum atomic E-state index is -1.13. The van der Waals surface area contributed by atoms with Crippen molar-refractivity contribution in [1.82, 2.24) is 0 Å². The minimum Gasteiger partial charge on any atom is -0.545 e. The Labute approximate surface area is 118 Å². The van der Waals surface area contributed by atoms with E-state index >= 15 is 0 Å². The highest BCUT2D eigenvalue weighted by molar-refractivity contribution is 5.85. The fourth-order valence-corrected chi connectivity index (χ4v) is 1.64. The van der Waals surface area contributed by atoms with Crippen LogP contribution < -0.4 is 10.8 Å². The molecule has 6 nitrogen and oxygen atoms in total. The van der Waals surface area contributed by atoms with E-state index in [4.69, 9.17) is 14.6 Å². The summed E-state index contributed by atoms with van der Waals surface area (Å²) >= 11 is 0. The number of carbonyl (C=O) groups is 1. The number of carbonyl (C=O) groups excluding carboxylic acids is 1. The Hall–Kier alpha value is -1.47. The van der Waals surface area contributed by atoms with Crippen LogP contribution in [-0.4, -0.2) is 42.2 Å². The van der Waals surface area contributed by atoms with Gasteiger partial charge in [0.2, 0.25) is 0 Å². The van der Waals surface area contributed by atoms with Crippen LogP contribution in [0.15, 0.2) is 30.3 Å². The highest BCUT2D eigenvalue weighted by Crippen LogP contribution is 2.22. The molecule has 1 fully saturated rings. The molecule has 1 aromatic carbocycles. The van der Waals surface area contributed by atoms with E-state index in [0.717, 1.165) is 0 Å². The van der Waals surface area contributed by atoms with Gasteiger partial charge in [0.05, 0.1) is 19.2 Å². The van der Waals surface area contributed by atoms with Gasteiger partial charge in [0.1, 0.15) is 12.1 Å². The Morgan fingerprint density at radius 3 is 2.45 bits per heavy atom. The number of carboxylic acid groups (broad SMARTS) is 1. The van der Waals surface area contributed by atoms with E-state index < -0.39 is 11.8 Å². The summed E-state index contributed by atoms with van der Waals surface area (Å²) in [7, 11) is 0. The van der Waals surface area contributed by atoms with Gasteiger partial charge in [0.15, 0.2) is 5.79 Å². The molecule has 0 bridgehead atoms. The van der Waals surface area contributed by atoms with Gasteiger partial charge < -0.3 is 30.2 Å². The van der Waals surface area contributed by atoms with Crippen LogP contribution in [0, 0.1) is 0 Å². The summed E-state index contributed by atoms with van der Waals surface area (Å²) < 4.78 is 10.8. The maximum absolute atomic E-state index is 10.1. The van der Waals surface area contributed by atoms with Gasteiger partial charge in [-0.2, -0.15) is 0 Å². The zero-order valence-electron chi connectivity index (χ0n) is 11.7. The molecular formula is C14H21NO5. The summed E-state index contributed by atoms with van der Waals surface area (Å²) in [5.41, 5.74) is 3.97. The standard InChI is InChI=1S/C7H15NO3.C7H6O2/c1-7(2)10-4-6(11-7)5(8)3-9;8-7(9)6-4-2-1-3-5-6/h5-6,9H,3-4,8H2,1-2H3;1-5H,(H,8,9)/t5-,6-;/m1./s1. The molecule has 0 radical (unpaired) electrons. The topological polar surface area (TPSA) is 106 Å². The van der Waals surface area contributed by atoms with Gasteiger partial charge in [-0.3, -0.25) is 0 Å². The van der Waals surface area contributed by atoms with Crippen LogP contribution in [0.5, 0.6) is 0 Å². The van der Waals surface area contributed by atoms with Gasteiger partial charge in [-0.1, -0.05) is 30.3 Å². The van der Waals surface area contributed by atoms with Gasteiger partial charge in [0, 0.05) is 0 Å². The molecule has 0 spiro atoms. The first kappa shape index (κ1) is 16.6. The van der Waals surface area contributed by atoms with Gasteiger partial charge >= 0.3 is 0 Å². The molecule has 2 rings (SSSR count). The molecular weight excluding hydrogens is 262 g/mol. The summed E-state index contributed by atoms with van der Waals surface area (Å²) in [5.74, 6) is -1.63. The number of ether oxygens (including phenoxy) is 2. The van der Waals surface area contributed by atoms with Gasteiger partial charge in [0.25, 0.3) is 0 Å². The Morgan fingerprint density at radius 2 is 2.10 bits per heavy atom. The summed E-state index contributed by atoms with van der Waals surface area (Å²) in [6.45, 7) is 4.29. The molecule has 6 heteroatoms. The van der Waals surface area contributed by atoms with Crippen LogP contribution in [-0.2, 0) is 9.47 Å². The molecule has 1 aliphatic rings. The largest absolute Gasteiger partial charge is 0.545 e. The molecule has 1 saturated heterocycles. The SMILES string of the molecule is CC1(C)OC[C@H]([C@H]([NH3+])CO)O1.O=C([O-])c1ccccc1. The first-order valence-corrected chi connectivity index (χ1v) is 6.38. The van der Waals surface area contributed by atoms with Crippen molar-refractivity contribution in [2.75, 3.05) is 13.2 Å². The zero-order valence-corrected chi connectivity index (χ0v) is 11.7. The quantitative estimate of drug-likeness (QED) is 0.724. The smallest absolute Gasteiger partial charge is 0.163 e. The second-order valence-corrected chi connectivity index (χ2v) is 4.96. The summed E-state index contributed by atoms with van der Waals surface area (Å²) in [5, 5.41) is 18.9. The van der Waals surface area contributed by atoms with E-state index in [9.17, 15) is 9.90 Å². The molecule has 0 saturated carbocycles. The monoisotopic (exact) mass is 283 g/mol. The molecule has 112 valence electrons. The Kier molecular flexibility index (Phi) is 6.09. The van der Waals surface area contributed by atoms with Crippen molar-refractivity contribution in [3.63, 3.8) is 0 Å². The number of carboxylic acids is 1. The number of quaternary nitrogens is 1. The van der Waals surface area contributed by atoms with E-state index in [1.54, 1.807) is 18.2 Å². The third-order valence-corrected chi connectivity index (χ3v) is 2.80. The molecule has 1 heterocycles. The molecule has 20 heavy (non-hydrogen) atoms. The number of rotatable bonds is 3. The lowest BCUT2D eigenvalue weighted by Crippen LogP contribution is -2.68. The Balaban J connectivity index is 0.000000204. The lowest BCUT2D eigenvalue weighted by Gasteiger charge is -2.17. The maximum atomic E-state index is 10.1. The van der Waals surface area contributed by atoms with Crippen molar-refractivity contribution in [2.45, 2.75) is 31.8 Å². The number of aromatic carboxylic acids is 1. The molecule has 1 aromatic rings. The third kappa shape index (κ3) is 5.26. The Bertz CT molecular complexity index is 421. The van der Waals surface area contributed by atoms with Crippen LogP contribution in [0.3, 0.4) is 0 Å². The van der Waals surface area contributed by atoms with Crippen molar-refractivity contribution in [1.29, 1.82) is 0 Å². The second-order valence-electron chi connectivity index (χ2n) is 4.96. The second kappa shape index (κ2) is 7.35. The minimum absolute atomic E-state index is 0.0457. The lowest BCUT2D eigenvalue weighted by molar-refractivity contribution is -0.444. The number of aliphatic hydroxyl groups is 1. The number of benzene rings is 1. The highest BCUT2D eigenvalue weighted by atomic mass is 16.7. The number of hydrogen-bond acceptors (Lipinski definition) is 5. The van der Waals surface area contributed by atoms with Crippen molar-refractivity contribution in [2.24, 2.45) is 0 Å². The van der Waals surface area contributed by atoms with Crippen LogP contribution in [0.25, 0.3) is 0 Å². The molecule has 0 aromatic heterocycles. The van der Waals surface area contributed by atoms with Crippen molar-refractivity contribution < 1.29 is 30.2 Å². The molecule has 0 aliphatic carbocycles. The third-order valence-electron chi connectivity index (χ3n) is 2.80. The Morgan fingerprint density at radius 1 is 1.50 bits per heavy atom. The fourth-order valence-electron chi connectivity index (χ4n) is 1.64. The number of hydrogen-bond donors (Lipinski definition) is 2. The van der Waals surface area contributed by atoms with E-state index in [1.807, 2.05) is 13.8 Å². The fraction of sp³-hybridized carbons (Fsp3) is 0.500. The van der Waals surface area contributed by atoms with Crippen LogP contribution >= 0.6 is 0 Å². The molecule has 0 amide bonds. The van der Waals surface area contributed by atoms with E-state index in [-0.39, 0.29) is 24.3 Å². The van der Waals surface area contributed by atoms with E-state index in [2.05, 4.69) is 5.73 Å². The zero-order chi connectivity index (χ0) is 15.2. The average Bonchev–Trinajstić information content (AvgIpc) is 2.80. The first-order chi connectivity index (χ1) is 9.35. The van der Waals surface area contributed by atoms with Gasteiger partial charge in [-0.25, -0.2) is 0 Å². The van der Waals surface area contributed by atoms with Crippen LogP contribution in [0.2, 0.25) is 0 Å². The predicted octanol–water partition coefficient (Wildman–Crippen LogP) is -1.21. The van der Waals surface area contributed by atoms with Crippen LogP contribution in [0.1, 0.15) is 24.2 Å². The average molecular weight is 283 g/mol. The molecule has 4 N–H and O–H groups in total. The first-order valence-electron chi connectivity index (χ1n) is 6.38. The van der Waals surface area contributed by atoms with Crippen molar-refractivity contribution in [3.8, 4) is 0 Å². The summed E-state index contributed by atoms with van der Waals surface area (Å²) in [6.07, 6.45) is -0.0602.